The zero-order valence-corrected chi connectivity index (χ0v) is 15.7. The predicted molar refractivity (Wildman–Crippen MR) is 106 cm³/mol. The van der Waals surface area contributed by atoms with Crippen LogP contribution in [-0.2, 0) is 14.3 Å². The Balaban J connectivity index is 1.80. The van der Waals surface area contributed by atoms with E-state index in [1.165, 1.54) is 6.08 Å². The third kappa shape index (κ3) is 4.13. The summed E-state index contributed by atoms with van der Waals surface area (Å²) in [5.74, 6) is -2.92. The molecule has 2 aromatic carbocycles. The molecule has 7 nitrogen and oxygen atoms in total. The van der Waals surface area contributed by atoms with Crippen LogP contribution in [0, 0.1) is 0 Å². The van der Waals surface area contributed by atoms with Gasteiger partial charge in [0, 0.05) is 12.5 Å². The average Bonchev–Trinajstić information content (AvgIpc) is 3.02. The SMILES string of the molecule is C=CCN(C(=O)OCC1c2ccccc2-c2ccccc21)[C@H](CC(=O)O)C(=O)O. The zero-order chi connectivity index (χ0) is 21.0. The first kappa shape index (κ1) is 20.1. The lowest BCUT2D eigenvalue weighted by molar-refractivity contribution is -0.149. The number of fused-ring (bicyclic) bond motifs is 3. The third-order valence-electron chi connectivity index (χ3n) is 4.93. The second-order valence-corrected chi connectivity index (χ2v) is 6.70. The Morgan fingerprint density at radius 1 is 1.03 bits per heavy atom. The van der Waals surface area contributed by atoms with Crippen molar-refractivity contribution in [1.29, 1.82) is 0 Å². The van der Waals surface area contributed by atoms with Crippen LogP contribution in [0.25, 0.3) is 11.1 Å². The third-order valence-corrected chi connectivity index (χ3v) is 4.93. The van der Waals surface area contributed by atoms with Gasteiger partial charge in [-0.05, 0) is 22.3 Å². The van der Waals surface area contributed by atoms with Crippen molar-refractivity contribution >= 4 is 18.0 Å². The molecule has 1 aliphatic carbocycles. The molecule has 0 radical (unpaired) electrons. The highest BCUT2D eigenvalue weighted by atomic mass is 16.6. The molecule has 0 unspecified atom stereocenters. The first-order valence-electron chi connectivity index (χ1n) is 9.11. The van der Waals surface area contributed by atoms with E-state index in [2.05, 4.69) is 6.58 Å². The van der Waals surface area contributed by atoms with E-state index in [9.17, 15) is 19.5 Å². The van der Waals surface area contributed by atoms with E-state index in [0.29, 0.717) is 0 Å². The summed E-state index contributed by atoms with van der Waals surface area (Å²) in [5, 5.41) is 18.3. The van der Waals surface area contributed by atoms with Gasteiger partial charge in [0.05, 0.1) is 6.42 Å². The number of carbonyl (C=O) groups excluding carboxylic acids is 1. The Hall–Kier alpha value is -3.61. The van der Waals surface area contributed by atoms with Crippen molar-refractivity contribution in [3.05, 3.63) is 72.3 Å². The van der Waals surface area contributed by atoms with Crippen LogP contribution >= 0.6 is 0 Å². The number of carbonyl (C=O) groups is 3. The number of hydrogen-bond acceptors (Lipinski definition) is 4. The Morgan fingerprint density at radius 2 is 1.59 bits per heavy atom. The number of aliphatic carboxylic acids is 2. The van der Waals surface area contributed by atoms with E-state index < -0.39 is 30.5 Å². The number of carboxylic acids is 2. The van der Waals surface area contributed by atoms with Crippen LogP contribution < -0.4 is 0 Å². The summed E-state index contributed by atoms with van der Waals surface area (Å²) in [7, 11) is 0. The molecule has 0 saturated heterocycles. The second-order valence-electron chi connectivity index (χ2n) is 6.70. The van der Waals surface area contributed by atoms with E-state index in [0.717, 1.165) is 27.2 Å². The smallest absolute Gasteiger partial charge is 0.410 e. The highest BCUT2D eigenvalue weighted by Gasteiger charge is 2.34. The summed E-state index contributed by atoms with van der Waals surface area (Å²) in [6.07, 6.45) is -0.285. The van der Waals surface area contributed by atoms with Crippen molar-refractivity contribution in [2.45, 2.75) is 18.4 Å². The normalized spacial score (nSPS) is 13.1. The van der Waals surface area contributed by atoms with Crippen LogP contribution in [0.2, 0.25) is 0 Å². The fourth-order valence-electron chi connectivity index (χ4n) is 3.64. The van der Waals surface area contributed by atoms with Gasteiger partial charge in [0.15, 0.2) is 0 Å². The van der Waals surface area contributed by atoms with Crippen LogP contribution in [0.4, 0.5) is 4.79 Å². The molecule has 3 rings (SSSR count). The van der Waals surface area contributed by atoms with Crippen molar-refractivity contribution < 1.29 is 29.3 Å². The topological polar surface area (TPSA) is 104 Å². The second kappa shape index (κ2) is 8.60. The number of ether oxygens (including phenoxy) is 1. The Bertz CT molecular complexity index is 908. The number of rotatable bonds is 8. The van der Waals surface area contributed by atoms with Crippen LogP contribution in [0.15, 0.2) is 61.2 Å². The molecule has 0 spiro atoms. The molecule has 1 aliphatic rings. The summed E-state index contributed by atoms with van der Waals surface area (Å²) in [6.45, 7) is 3.39. The molecule has 2 aromatic rings. The first-order valence-corrected chi connectivity index (χ1v) is 9.11. The molecule has 0 saturated carbocycles. The average molecular weight is 395 g/mol. The first-order chi connectivity index (χ1) is 13.9. The molecule has 7 heteroatoms. The Kier molecular flexibility index (Phi) is 5.97. The number of carboxylic acid groups (broad SMARTS) is 2. The van der Waals surface area contributed by atoms with Crippen LogP contribution in [-0.4, -0.2) is 52.3 Å². The van der Waals surface area contributed by atoms with Crippen LogP contribution in [0.3, 0.4) is 0 Å². The lowest BCUT2D eigenvalue weighted by Gasteiger charge is -2.27. The molecule has 29 heavy (non-hydrogen) atoms. The summed E-state index contributed by atoms with van der Waals surface area (Å²) in [6, 6.07) is 14.1. The van der Waals surface area contributed by atoms with Gasteiger partial charge in [-0.2, -0.15) is 0 Å². The fourth-order valence-corrected chi connectivity index (χ4v) is 3.64. The van der Waals surface area contributed by atoms with Gasteiger partial charge in [-0.15, -0.1) is 6.58 Å². The molecule has 0 aromatic heterocycles. The van der Waals surface area contributed by atoms with E-state index in [-0.39, 0.29) is 19.1 Å². The maximum atomic E-state index is 12.6. The Labute approximate surface area is 167 Å². The molecular formula is C22H21NO6. The van der Waals surface area contributed by atoms with Crippen LogP contribution in [0.5, 0.6) is 0 Å². The maximum Gasteiger partial charge on any atom is 0.410 e. The van der Waals surface area contributed by atoms with E-state index in [1.54, 1.807) is 0 Å². The van der Waals surface area contributed by atoms with Gasteiger partial charge in [-0.1, -0.05) is 54.6 Å². The molecule has 1 atom stereocenters. The van der Waals surface area contributed by atoms with Gasteiger partial charge in [-0.25, -0.2) is 9.59 Å². The number of benzene rings is 2. The van der Waals surface area contributed by atoms with Gasteiger partial charge in [-0.3, -0.25) is 9.69 Å². The van der Waals surface area contributed by atoms with Crippen molar-refractivity contribution in [3.8, 4) is 11.1 Å². The Morgan fingerprint density at radius 3 is 2.07 bits per heavy atom. The minimum absolute atomic E-state index is 0.0138. The van der Waals surface area contributed by atoms with Gasteiger partial charge in [0.25, 0.3) is 0 Å². The van der Waals surface area contributed by atoms with Crippen molar-refractivity contribution in [1.82, 2.24) is 4.90 Å². The van der Waals surface area contributed by atoms with E-state index in [4.69, 9.17) is 9.84 Å². The minimum Gasteiger partial charge on any atom is -0.481 e. The molecular weight excluding hydrogens is 374 g/mol. The highest BCUT2D eigenvalue weighted by molar-refractivity contribution is 5.85. The standard InChI is InChI=1S/C22H21NO6/c1-2-11-23(19(21(26)27)12-20(24)25)22(28)29-13-18-16-9-5-3-7-14(16)15-8-4-6-10-17(15)18/h2-10,18-19H,1,11-13H2,(H,24,25)(H,26,27)/t19-/m1/s1. The number of amides is 1. The minimum atomic E-state index is -1.54. The van der Waals surface area contributed by atoms with Crippen molar-refractivity contribution in [3.63, 3.8) is 0 Å². The van der Waals surface area contributed by atoms with E-state index >= 15 is 0 Å². The summed E-state index contributed by atoms with van der Waals surface area (Å²) < 4.78 is 5.45. The molecule has 150 valence electrons. The molecule has 0 fully saturated rings. The van der Waals surface area contributed by atoms with Gasteiger partial charge in [0.2, 0.25) is 0 Å². The quantitative estimate of drug-likeness (QED) is 0.664. The highest BCUT2D eigenvalue weighted by Crippen LogP contribution is 2.44. The van der Waals surface area contributed by atoms with Gasteiger partial charge < -0.3 is 14.9 Å². The predicted octanol–water partition coefficient (Wildman–Crippen LogP) is 3.35. The molecule has 0 heterocycles. The van der Waals surface area contributed by atoms with Crippen molar-refractivity contribution in [2.75, 3.05) is 13.2 Å². The van der Waals surface area contributed by atoms with Gasteiger partial charge in [0.1, 0.15) is 12.6 Å². The molecule has 0 bridgehead atoms. The zero-order valence-electron chi connectivity index (χ0n) is 15.7. The largest absolute Gasteiger partial charge is 0.481 e. The lowest BCUT2D eigenvalue weighted by Crippen LogP contribution is -2.46. The molecule has 2 N–H and O–H groups in total. The molecule has 0 aliphatic heterocycles. The van der Waals surface area contributed by atoms with Crippen molar-refractivity contribution in [2.24, 2.45) is 0 Å². The summed E-state index contributed by atoms with van der Waals surface area (Å²) >= 11 is 0. The monoisotopic (exact) mass is 395 g/mol. The fraction of sp³-hybridized carbons (Fsp3) is 0.227. The molecule has 1 amide bonds. The number of nitrogens with zero attached hydrogens (tertiary/aromatic N) is 1. The van der Waals surface area contributed by atoms with Gasteiger partial charge >= 0.3 is 18.0 Å². The lowest BCUT2D eigenvalue weighted by atomic mass is 9.98. The number of hydrogen-bond donors (Lipinski definition) is 2. The summed E-state index contributed by atoms with van der Waals surface area (Å²) in [5.41, 5.74) is 4.19. The van der Waals surface area contributed by atoms with Crippen LogP contribution in [0.1, 0.15) is 23.5 Å². The van der Waals surface area contributed by atoms with E-state index in [1.807, 2.05) is 48.5 Å². The maximum absolute atomic E-state index is 12.6. The summed E-state index contributed by atoms with van der Waals surface area (Å²) in [4.78, 5) is 36.0.